The first-order valence-corrected chi connectivity index (χ1v) is 8.84. The van der Waals surface area contributed by atoms with E-state index in [2.05, 4.69) is 25.1 Å². The molecule has 1 aliphatic heterocycles. The van der Waals surface area contributed by atoms with Gasteiger partial charge < -0.3 is 9.88 Å². The Bertz CT molecular complexity index is 1010. The summed E-state index contributed by atoms with van der Waals surface area (Å²) in [6.45, 7) is 1.15. The SMILES string of the molecule is O=C(Cn1c(=O)cnc2ccccc21)NCc1nnc2n1CCCCC2. The fraction of sp³-hybridized carbons (Fsp3) is 0.389. The molecule has 1 aliphatic rings. The Hall–Kier alpha value is -3.03. The van der Waals surface area contributed by atoms with Gasteiger partial charge in [0, 0.05) is 13.0 Å². The number of nitrogens with zero attached hydrogens (tertiary/aromatic N) is 5. The van der Waals surface area contributed by atoms with Crippen LogP contribution in [0.15, 0.2) is 35.3 Å². The molecule has 8 heteroatoms. The van der Waals surface area contributed by atoms with E-state index in [4.69, 9.17) is 0 Å². The predicted octanol–water partition coefficient (Wildman–Crippen LogP) is 1.03. The summed E-state index contributed by atoms with van der Waals surface area (Å²) in [4.78, 5) is 28.6. The fourth-order valence-corrected chi connectivity index (χ4v) is 3.33. The molecule has 0 bridgehead atoms. The third kappa shape index (κ3) is 3.22. The molecule has 2 aromatic heterocycles. The Morgan fingerprint density at radius 3 is 2.96 bits per heavy atom. The van der Waals surface area contributed by atoms with E-state index in [-0.39, 0.29) is 18.0 Å². The molecule has 1 aromatic carbocycles. The van der Waals surface area contributed by atoms with E-state index in [0.29, 0.717) is 17.6 Å². The molecule has 0 fully saturated rings. The van der Waals surface area contributed by atoms with E-state index in [9.17, 15) is 9.59 Å². The monoisotopic (exact) mass is 352 g/mol. The minimum atomic E-state index is -0.296. The largest absolute Gasteiger partial charge is 0.347 e. The maximum Gasteiger partial charge on any atom is 0.269 e. The highest BCUT2D eigenvalue weighted by molar-refractivity contribution is 5.79. The second-order valence-corrected chi connectivity index (χ2v) is 6.44. The van der Waals surface area contributed by atoms with Gasteiger partial charge in [0.15, 0.2) is 5.82 Å². The number of hydrogen-bond donors (Lipinski definition) is 1. The van der Waals surface area contributed by atoms with Crippen molar-refractivity contribution >= 4 is 16.9 Å². The molecule has 0 saturated carbocycles. The van der Waals surface area contributed by atoms with Crippen LogP contribution < -0.4 is 10.9 Å². The van der Waals surface area contributed by atoms with Gasteiger partial charge in [0.2, 0.25) is 5.91 Å². The van der Waals surface area contributed by atoms with Gasteiger partial charge in [-0.25, -0.2) is 4.98 Å². The number of hydrogen-bond acceptors (Lipinski definition) is 5. The number of amides is 1. The van der Waals surface area contributed by atoms with Gasteiger partial charge in [0.25, 0.3) is 5.56 Å². The first-order chi connectivity index (χ1) is 12.7. The Balaban J connectivity index is 1.48. The van der Waals surface area contributed by atoms with Crippen molar-refractivity contribution in [3.05, 3.63) is 52.5 Å². The number of benzene rings is 1. The van der Waals surface area contributed by atoms with Crippen molar-refractivity contribution in [2.45, 2.75) is 45.3 Å². The minimum absolute atomic E-state index is 0.0527. The molecule has 0 aliphatic carbocycles. The lowest BCUT2D eigenvalue weighted by Crippen LogP contribution is -2.33. The predicted molar refractivity (Wildman–Crippen MR) is 95.4 cm³/mol. The second kappa shape index (κ2) is 7.07. The number of rotatable bonds is 4. The summed E-state index contributed by atoms with van der Waals surface area (Å²) in [5.74, 6) is 1.51. The summed E-state index contributed by atoms with van der Waals surface area (Å²) < 4.78 is 3.53. The van der Waals surface area contributed by atoms with Crippen molar-refractivity contribution in [2.24, 2.45) is 0 Å². The van der Waals surface area contributed by atoms with Crippen LogP contribution in [0.25, 0.3) is 11.0 Å². The van der Waals surface area contributed by atoms with E-state index in [1.165, 1.54) is 17.2 Å². The first-order valence-electron chi connectivity index (χ1n) is 8.84. The molecule has 3 heterocycles. The van der Waals surface area contributed by atoms with E-state index in [0.717, 1.165) is 37.5 Å². The molecule has 1 N–H and O–H groups in total. The summed E-state index contributed by atoms with van der Waals surface area (Å²) >= 11 is 0. The van der Waals surface area contributed by atoms with Gasteiger partial charge >= 0.3 is 0 Å². The van der Waals surface area contributed by atoms with Crippen molar-refractivity contribution in [2.75, 3.05) is 0 Å². The average molecular weight is 352 g/mol. The summed E-state index contributed by atoms with van der Waals surface area (Å²) in [7, 11) is 0. The lowest BCUT2D eigenvalue weighted by Gasteiger charge is -2.11. The van der Waals surface area contributed by atoms with Crippen molar-refractivity contribution in [1.29, 1.82) is 0 Å². The molecule has 0 saturated heterocycles. The molecular weight excluding hydrogens is 332 g/mol. The van der Waals surface area contributed by atoms with Gasteiger partial charge in [0.1, 0.15) is 12.4 Å². The quantitative estimate of drug-likeness (QED) is 0.757. The summed E-state index contributed by atoms with van der Waals surface area (Å²) in [6, 6.07) is 7.27. The zero-order chi connectivity index (χ0) is 17.9. The second-order valence-electron chi connectivity index (χ2n) is 6.44. The van der Waals surface area contributed by atoms with Gasteiger partial charge in [-0.05, 0) is 25.0 Å². The fourth-order valence-electron chi connectivity index (χ4n) is 3.33. The van der Waals surface area contributed by atoms with E-state index in [1.807, 2.05) is 18.2 Å². The molecule has 0 unspecified atom stereocenters. The molecule has 26 heavy (non-hydrogen) atoms. The zero-order valence-corrected chi connectivity index (χ0v) is 14.4. The number of fused-ring (bicyclic) bond motifs is 2. The van der Waals surface area contributed by atoms with Gasteiger partial charge in [-0.2, -0.15) is 0 Å². The molecule has 0 radical (unpaired) electrons. The van der Waals surface area contributed by atoms with Crippen LogP contribution in [0.5, 0.6) is 0 Å². The standard InChI is InChI=1S/C18H20N6O2/c25-17(12-24-14-7-4-3-6-13(14)19-11-18(24)26)20-10-16-22-21-15-8-2-1-5-9-23(15)16/h3-4,6-7,11H,1-2,5,8-10,12H2,(H,20,25). The Kier molecular flexibility index (Phi) is 4.47. The van der Waals surface area contributed by atoms with Crippen LogP contribution in [0.2, 0.25) is 0 Å². The highest BCUT2D eigenvalue weighted by Crippen LogP contribution is 2.14. The topological polar surface area (TPSA) is 94.7 Å². The average Bonchev–Trinajstić information content (AvgIpc) is 2.88. The van der Waals surface area contributed by atoms with Crippen LogP contribution in [0.3, 0.4) is 0 Å². The van der Waals surface area contributed by atoms with Gasteiger partial charge in [-0.15, -0.1) is 10.2 Å². The van der Waals surface area contributed by atoms with E-state index < -0.39 is 0 Å². The third-order valence-electron chi connectivity index (χ3n) is 4.68. The number of carbonyl (C=O) groups is 1. The van der Waals surface area contributed by atoms with Crippen LogP contribution >= 0.6 is 0 Å². The maximum absolute atomic E-state index is 12.4. The number of aryl methyl sites for hydroxylation is 1. The lowest BCUT2D eigenvalue weighted by atomic mass is 10.2. The molecule has 4 rings (SSSR count). The molecule has 134 valence electrons. The zero-order valence-electron chi connectivity index (χ0n) is 14.4. The number of nitrogens with one attached hydrogen (secondary N) is 1. The number of carbonyl (C=O) groups excluding carboxylic acids is 1. The van der Waals surface area contributed by atoms with Crippen molar-refractivity contribution in [1.82, 2.24) is 29.6 Å². The highest BCUT2D eigenvalue weighted by Gasteiger charge is 2.15. The van der Waals surface area contributed by atoms with E-state index >= 15 is 0 Å². The van der Waals surface area contributed by atoms with Crippen LogP contribution in [0, 0.1) is 0 Å². The lowest BCUT2D eigenvalue weighted by molar-refractivity contribution is -0.121. The molecule has 0 spiro atoms. The van der Waals surface area contributed by atoms with Crippen LogP contribution in [0.4, 0.5) is 0 Å². The number of aromatic nitrogens is 5. The molecular formula is C18H20N6O2. The Labute approximate surface area is 149 Å². The molecule has 0 atom stereocenters. The Morgan fingerprint density at radius 2 is 2.04 bits per heavy atom. The van der Waals surface area contributed by atoms with Crippen molar-refractivity contribution in [3.8, 4) is 0 Å². The van der Waals surface area contributed by atoms with Crippen molar-refractivity contribution < 1.29 is 4.79 Å². The van der Waals surface area contributed by atoms with Crippen LogP contribution in [-0.2, 0) is 30.8 Å². The smallest absolute Gasteiger partial charge is 0.269 e. The van der Waals surface area contributed by atoms with Gasteiger partial charge in [-0.1, -0.05) is 18.6 Å². The maximum atomic E-state index is 12.4. The molecule has 8 nitrogen and oxygen atoms in total. The van der Waals surface area contributed by atoms with Gasteiger partial charge in [0.05, 0.1) is 23.8 Å². The first kappa shape index (κ1) is 16.4. The minimum Gasteiger partial charge on any atom is -0.347 e. The molecule has 3 aromatic rings. The van der Waals surface area contributed by atoms with Crippen LogP contribution in [-0.4, -0.2) is 30.2 Å². The van der Waals surface area contributed by atoms with E-state index in [1.54, 1.807) is 6.07 Å². The van der Waals surface area contributed by atoms with Gasteiger partial charge in [-0.3, -0.25) is 14.2 Å². The summed E-state index contributed by atoms with van der Waals surface area (Å²) in [6.07, 6.45) is 5.59. The summed E-state index contributed by atoms with van der Waals surface area (Å²) in [5, 5.41) is 11.3. The number of para-hydroxylation sites is 2. The Morgan fingerprint density at radius 1 is 1.15 bits per heavy atom. The molecule has 1 amide bonds. The van der Waals surface area contributed by atoms with Crippen molar-refractivity contribution in [3.63, 3.8) is 0 Å². The third-order valence-corrected chi connectivity index (χ3v) is 4.68. The normalized spacial score (nSPS) is 14.0. The van der Waals surface area contributed by atoms with Crippen LogP contribution in [0.1, 0.15) is 30.9 Å². The highest BCUT2D eigenvalue weighted by atomic mass is 16.2. The summed E-state index contributed by atoms with van der Waals surface area (Å²) in [5.41, 5.74) is 1.03.